The fourth-order valence-electron chi connectivity index (χ4n) is 3.11. The molecule has 152 valence electrons. The van der Waals surface area contributed by atoms with Crippen molar-refractivity contribution >= 4 is 11.6 Å². The van der Waals surface area contributed by atoms with Crippen LogP contribution in [0.15, 0.2) is 42.5 Å². The third-order valence-electron chi connectivity index (χ3n) is 5.18. The number of hydrogen-bond acceptors (Lipinski definition) is 2. The first kappa shape index (κ1) is 22.0. The summed E-state index contributed by atoms with van der Waals surface area (Å²) in [6.45, 7) is 15.3. The molecule has 0 heterocycles. The van der Waals surface area contributed by atoms with E-state index < -0.39 is 5.41 Å². The summed E-state index contributed by atoms with van der Waals surface area (Å²) >= 11 is 0. The van der Waals surface area contributed by atoms with E-state index in [-0.39, 0.29) is 11.3 Å². The Morgan fingerprint density at radius 1 is 0.964 bits per heavy atom. The zero-order valence-electron chi connectivity index (χ0n) is 18.5. The lowest BCUT2D eigenvalue weighted by molar-refractivity contribution is -0.124. The van der Waals surface area contributed by atoms with Crippen LogP contribution in [0.3, 0.4) is 0 Å². The van der Waals surface area contributed by atoms with E-state index in [1.807, 2.05) is 45.0 Å². The van der Waals surface area contributed by atoms with Crippen LogP contribution in [0, 0.1) is 19.3 Å². The van der Waals surface area contributed by atoms with Gasteiger partial charge in [-0.3, -0.25) is 4.79 Å². The second kappa shape index (κ2) is 8.81. The van der Waals surface area contributed by atoms with E-state index in [4.69, 9.17) is 4.74 Å². The molecular weight excluding hydrogens is 346 g/mol. The summed E-state index contributed by atoms with van der Waals surface area (Å²) < 4.78 is 5.87. The molecule has 0 fully saturated rings. The number of hydrogen-bond donors (Lipinski definition) is 1. The predicted molar refractivity (Wildman–Crippen MR) is 118 cm³/mol. The molecule has 0 aliphatic rings. The van der Waals surface area contributed by atoms with Gasteiger partial charge in [-0.05, 0) is 61.4 Å². The summed E-state index contributed by atoms with van der Waals surface area (Å²) in [4.78, 5) is 12.7. The second-order valence-electron chi connectivity index (χ2n) is 9.38. The van der Waals surface area contributed by atoms with Crippen LogP contribution in [0.5, 0.6) is 5.75 Å². The van der Waals surface area contributed by atoms with E-state index in [0.717, 1.165) is 29.8 Å². The van der Waals surface area contributed by atoms with Gasteiger partial charge in [0.15, 0.2) is 0 Å². The molecule has 3 nitrogen and oxygen atoms in total. The van der Waals surface area contributed by atoms with Crippen molar-refractivity contribution in [3.8, 4) is 5.75 Å². The summed E-state index contributed by atoms with van der Waals surface area (Å²) in [5.41, 5.74) is 4.17. The number of rotatable bonds is 7. The molecule has 0 saturated carbocycles. The Labute approximate surface area is 170 Å². The molecule has 2 rings (SSSR count). The van der Waals surface area contributed by atoms with Crippen LogP contribution in [-0.2, 0) is 10.2 Å². The maximum absolute atomic E-state index is 12.7. The first-order valence-corrected chi connectivity index (χ1v) is 10.1. The van der Waals surface area contributed by atoms with Crippen molar-refractivity contribution in [2.24, 2.45) is 5.41 Å². The third kappa shape index (κ3) is 6.12. The number of aryl methyl sites for hydroxylation is 2. The minimum absolute atomic E-state index is 0.0500. The minimum Gasteiger partial charge on any atom is -0.494 e. The van der Waals surface area contributed by atoms with E-state index in [9.17, 15) is 4.79 Å². The molecule has 0 radical (unpaired) electrons. The van der Waals surface area contributed by atoms with Gasteiger partial charge in [0.2, 0.25) is 5.91 Å². The summed E-state index contributed by atoms with van der Waals surface area (Å²) in [7, 11) is 0. The fourth-order valence-corrected chi connectivity index (χ4v) is 3.11. The molecular formula is C25H35NO2. The molecule has 0 aromatic heterocycles. The highest BCUT2D eigenvalue weighted by atomic mass is 16.5. The lowest BCUT2D eigenvalue weighted by atomic mass is 9.86. The Morgan fingerprint density at radius 2 is 1.61 bits per heavy atom. The van der Waals surface area contributed by atoms with Gasteiger partial charge in [0.05, 0.1) is 6.61 Å². The van der Waals surface area contributed by atoms with Gasteiger partial charge in [0, 0.05) is 11.1 Å². The normalized spacial score (nSPS) is 12.0. The van der Waals surface area contributed by atoms with Gasteiger partial charge in [-0.2, -0.15) is 0 Å². The fraction of sp³-hybridized carbons (Fsp3) is 0.480. The van der Waals surface area contributed by atoms with E-state index >= 15 is 0 Å². The molecule has 2 aromatic carbocycles. The average molecular weight is 382 g/mol. The molecule has 28 heavy (non-hydrogen) atoms. The molecule has 0 bridgehead atoms. The lowest BCUT2D eigenvalue weighted by Crippen LogP contribution is -2.31. The molecule has 0 aliphatic heterocycles. The number of carbonyl (C=O) groups is 1. The molecule has 0 unspecified atom stereocenters. The zero-order chi connectivity index (χ0) is 20.9. The zero-order valence-corrected chi connectivity index (χ0v) is 18.5. The molecule has 1 N–H and O–H groups in total. The van der Waals surface area contributed by atoms with Crippen molar-refractivity contribution in [3.05, 3.63) is 59.2 Å². The van der Waals surface area contributed by atoms with Gasteiger partial charge >= 0.3 is 0 Å². The summed E-state index contributed by atoms with van der Waals surface area (Å²) in [6.07, 6.45) is 1.60. The standard InChI is InChI=1S/C25H35NO2/c1-18-9-14-22(19(2)17-18)26-23(27)25(6,7)15-8-16-28-21-12-10-20(11-13-21)24(3,4)5/h9-14,17H,8,15-16H2,1-7H3,(H,26,27). The highest BCUT2D eigenvalue weighted by molar-refractivity contribution is 5.95. The van der Waals surface area contributed by atoms with Crippen LogP contribution in [-0.4, -0.2) is 12.5 Å². The van der Waals surface area contributed by atoms with Gasteiger partial charge < -0.3 is 10.1 Å². The summed E-state index contributed by atoms with van der Waals surface area (Å²) in [5, 5.41) is 3.08. The SMILES string of the molecule is Cc1ccc(NC(=O)C(C)(C)CCCOc2ccc(C(C)(C)C)cc2)c(C)c1. The van der Waals surface area contributed by atoms with Crippen molar-refractivity contribution in [2.75, 3.05) is 11.9 Å². The highest BCUT2D eigenvalue weighted by Crippen LogP contribution is 2.27. The molecule has 2 aromatic rings. The Morgan fingerprint density at radius 3 is 2.18 bits per heavy atom. The Bertz CT molecular complexity index is 798. The van der Waals surface area contributed by atoms with Crippen LogP contribution >= 0.6 is 0 Å². The molecule has 0 saturated heterocycles. The van der Waals surface area contributed by atoms with Gasteiger partial charge in [-0.1, -0.05) is 64.4 Å². The minimum atomic E-state index is -0.448. The van der Waals surface area contributed by atoms with Gasteiger partial charge in [0.25, 0.3) is 0 Å². The van der Waals surface area contributed by atoms with Crippen molar-refractivity contribution in [1.29, 1.82) is 0 Å². The predicted octanol–water partition coefficient (Wildman–Crippen LogP) is 6.42. The number of benzene rings is 2. The first-order valence-electron chi connectivity index (χ1n) is 10.1. The number of carbonyl (C=O) groups excluding carboxylic acids is 1. The van der Waals surface area contributed by atoms with Crippen LogP contribution in [0.1, 0.15) is 64.2 Å². The van der Waals surface area contributed by atoms with Gasteiger partial charge in [-0.25, -0.2) is 0 Å². The molecule has 0 spiro atoms. The number of nitrogens with one attached hydrogen (secondary N) is 1. The quantitative estimate of drug-likeness (QED) is 0.562. The summed E-state index contributed by atoms with van der Waals surface area (Å²) in [6, 6.07) is 14.4. The second-order valence-corrected chi connectivity index (χ2v) is 9.38. The Balaban J connectivity index is 1.83. The largest absolute Gasteiger partial charge is 0.494 e. The average Bonchev–Trinajstić information content (AvgIpc) is 2.60. The van der Waals surface area contributed by atoms with Gasteiger partial charge in [-0.15, -0.1) is 0 Å². The smallest absolute Gasteiger partial charge is 0.230 e. The number of ether oxygens (including phenoxy) is 1. The van der Waals surface area contributed by atoms with Crippen molar-refractivity contribution < 1.29 is 9.53 Å². The Hall–Kier alpha value is -2.29. The molecule has 3 heteroatoms. The Kier molecular flexibility index (Phi) is 6.92. The third-order valence-corrected chi connectivity index (χ3v) is 5.18. The molecule has 1 amide bonds. The van der Waals surface area contributed by atoms with Crippen LogP contribution in [0.2, 0.25) is 0 Å². The number of anilines is 1. The molecule has 0 aliphatic carbocycles. The van der Waals surface area contributed by atoms with Crippen molar-refractivity contribution in [3.63, 3.8) is 0 Å². The van der Waals surface area contributed by atoms with Crippen LogP contribution in [0.4, 0.5) is 5.69 Å². The van der Waals surface area contributed by atoms with E-state index in [1.54, 1.807) is 0 Å². The van der Waals surface area contributed by atoms with E-state index in [2.05, 4.69) is 51.2 Å². The monoisotopic (exact) mass is 381 g/mol. The highest BCUT2D eigenvalue weighted by Gasteiger charge is 2.27. The van der Waals surface area contributed by atoms with Crippen molar-refractivity contribution in [2.45, 2.75) is 66.7 Å². The topological polar surface area (TPSA) is 38.3 Å². The first-order chi connectivity index (χ1) is 13.0. The van der Waals surface area contributed by atoms with Crippen LogP contribution in [0.25, 0.3) is 0 Å². The van der Waals surface area contributed by atoms with E-state index in [1.165, 1.54) is 11.1 Å². The summed E-state index contributed by atoms with van der Waals surface area (Å²) in [5.74, 6) is 0.930. The van der Waals surface area contributed by atoms with Crippen molar-refractivity contribution in [1.82, 2.24) is 0 Å². The van der Waals surface area contributed by atoms with E-state index in [0.29, 0.717) is 6.61 Å². The molecule has 0 atom stereocenters. The van der Waals surface area contributed by atoms with Crippen LogP contribution < -0.4 is 10.1 Å². The maximum atomic E-state index is 12.7. The lowest BCUT2D eigenvalue weighted by Gasteiger charge is -2.24. The number of amides is 1. The van der Waals surface area contributed by atoms with Gasteiger partial charge in [0.1, 0.15) is 5.75 Å². The maximum Gasteiger partial charge on any atom is 0.230 e.